The fourth-order valence-electron chi connectivity index (χ4n) is 2.81. The van der Waals surface area contributed by atoms with Crippen molar-refractivity contribution >= 4 is 0 Å². The van der Waals surface area contributed by atoms with Crippen LogP contribution in [-0.2, 0) is 0 Å². The molecule has 1 aromatic rings. The molecule has 2 rings (SSSR count). The normalized spacial score (nSPS) is 17.1. The number of benzene rings is 1. The molecule has 1 aliphatic carbocycles. The van der Waals surface area contributed by atoms with Gasteiger partial charge in [0, 0.05) is 17.6 Å². The SMILES string of the molecule is CNC(CCN(C)C1CCC1)c1c(F)cccc1OC. The van der Waals surface area contributed by atoms with Crippen LogP contribution in [0.3, 0.4) is 0 Å². The van der Waals surface area contributed by atoms with Crippen molar-refractivity contribution in [2.24, 2.45) is 0 Å². The lowest BCUT2D eigenvalue weighted by atomic mass is 9.91. The number of hydrogen-bond donors (Lipinski definition) is 1. The highest BCUT2D eigenvalue weighted by Crippen LogP contribution is 2.30. The summed E-state index contributed by atoms with van der Waals surface area (Å²) in [5, 5.41) is 3.22. The lowest BCUT2D eigenvalue weighted by Crippen LogP contribution is -2.38. The summed E-state index contributed by atoms with van der Waals surface area (Å²) in [4.78, 5) is 2.39. The van der Waals surface area contributed by atoms with E-state index in [0.29, 0.717) is 11.3 Å². The second-order valence-electron chi connectivity index (χ2n) is 5.55. The fraction of sp³-hybridized carbons (Fsp3) is 0.625. The van der Waals surface area contributed by atoms with Gasteiger partial charge in [0.25, 0.3) is 0 Å². The van der Waals surface area contributed by atoms with Crippen LogP contribution < -0.4 is 10.1 Å². The molecule has 112 valence electrons. The van der Waals surface area contributed by atoms with E-state index in [1.165, 1.54) is 25.3 Å². The van der Waals surface area contributed by atoms with Gasteiger partial charge in [-0.15, -0.1) is 0 Å². The maximum absolute atomic E-state index is 14.1. The zero-order valence-corrected chi connectivity index (χ0v) is 12.7. The number of ether oxygens (including phenoxy) is 1. The lowest BCUT2D eigenvalue weighted by Gasteiger charge is -2.35. The summed E-state index contributed by atoms with van der Waals surface area (Å²) in [7, 11) is 5.63. The van der Waals surface area contributed by atoms with Crippen LogP contribution in [0.1, 0.15) is 37.3 Å². The Morgan fingerprint density at radius 3 is 2.75 bits per heavy atom. The Morgan fingerprint density at radius 1 is 1.45 bits per heavy atom. The van der Waals surface area contributed by atoms with Crippen molar-refractivity contribution < 1.29 is 9.13 Å². The Balaban J connectivity index is 2.03. The second-order valence-corrected chi connectivity index (χ2v) is 5.55. The maximum Gasteiger partial charge on any atom is 0.131 e. The van der Waals surface area contributed by atoms with Gasteiger partial charge in [-0.1, -0.05) is 12.5 Å². The molecule has 3 nitrogen and oxygen atoms in total. The van der Waals surface area contributed by atoms with Gasteiger partial charge >= 0.3 is 0 Å². The van der Waals surface area contributed by atoms with Gasteiger partial charge in [0.05, 0.1) is 7.11 Å². The summed E-state index contributed by atoms with van der Waals surface area (Å²) in [6.07, 6.45) is 4.81. The molecule has 1 aliphatic rings. The van der Waals surface area contributed by atoms with E-state index in [0.717, 1.165) is 19.0 Å². The van der Waals surface area contributed by atoms with Crippen LogP contribution in [0.5, 0.6) is 5.75 Å². The smallest absolute Gasteiger partial charge is 0.131 e. The van der Waals surface area contributed by atoms with Crippen molar-refractivity contribution in [3.8, 4) is 5.75 Å². The van der Waals surface area contributed by atoms with Gasteiger partial charge in [-0.3, -0.25) is 0 Å². The third-order valence-corrected chi connectivity index (χ3v) is 4.40. The van der Waals surface area contributed by atoms with E-state index in [9.17, 15) is 4.39 Å². The number of rotatable bonds is 7. The first-order valence-electron chi connectivity index (χ1n) is 7.37. The lowest BCUT2D eigenvalue weighted by molar-refractivity contribution is 0.153. The molecule has 0 saturated heterocycles. The highest BCUT2D eigenvalue weighted by atomic mass is 19.1. The first-order valence-corrected chi connectivity index (χ1v) is 7.37. The molecule has 1 N–H and O–H groups in total. The molecule has 0 amide bonds. The number of nitrogens with one attached hydrogen (secondary N) is 1. The van der Waals surface area contributed by atoms with E-state index >= 15 is 0 Å². The molecule has 0 aromatic heterocycles. The van der Waals surface area contributed by atoms with Gasteiger partial charge < -0.3 is 15.0 Å². The predicted octanol–water partition coefficient (Wildman–Crippen LogP) is 2.97. The first kappa shape index (κ1) is 15.3. The predicted molar refractivity (Wildman–Crippen MR) is 79.6 cm³/mol. The van der Waals surface area contributed by atoms with Crippen LogP contribution in [0.25, 0.3) is 0 Å². The largest absolute Gasteiger partial charge is 0.496 e. The molecule has 1 atom stereocenters. The maximum atomic E-state index is 14.1. The van der Waals surface area contributed by atoms with Crippen molar-refractivity contribution in [3.63, 3.8) is 0 Å². The van der Waals surface area contributed by atoms with E-state index in [2.05, 4.69) is 17.3 Å². The molecule has 0 heterocycles. The van der Waals surface area contributed by atoms with Crippen molar-refractivity contribution in [1.82, 2.24) is 10.2 Å². The molecule has 1 saturated carbocycles. The molecule has 4 heteroatoms. The van der Waals surface area contributed by atoms with Gasteiger partial charge in [-0.05, 0) is 52.0 Å². The highest BCUT2D eigenvalue weighted by molar-refractivity contribution is 5.37. The summed E-state index contributed by atoms with van der Waals surface area (Å²) in [5.74, 6) is 0.422. The minimum atomic E-state index is -0.199. The molecule has 0 spiro atoms. The third kappa shape index (κ3) is 3.30. The minimum Gasteiger partial charge on any atom is -0.496 e. The molecular weight excluding hydrogens is 255 g/mol. The molecule has 0 bridgehead atoms. The summed E-state index contributed by atoms with van der Waals surface area (Å²) in [6.45, 7) is 0.966. The van der Waals surface area contributed by atoms with Crippen LogP contribution in [0.15, 0.2) is 18.2 Å². The van der Waals surface area contributed by atoms with Gasteiger partial charge in [0.15, 0.2) is 0 Å². The van der Waals surface area contributed by atoms with E-state index in [1.54, 1.807) is 13.2 Å². The van der Waals surface area contributed by atoms with Crippen LogP contribution in [0.2, 0.25) is 0 Å². The Kier molecular flexibility index (Phi) is 5.38. The zero-order chi connectivity index (χ0) is 14.5. The molecule has 1 aromatic carbocycles. The fourth-order valence-corrected chi connectivity index (χ4v) is 2.81. The number of hydrogen-bond acceptors (Lipinski definition) is 3. The van der Waals surface area contributed by atoms with Crippen LogP contribution in [0.4, 0.5) is 4.39 Å². The average Bonchev–Trinajstić information content (AvgIpc) is 2.38. The average molecular weight is 280 g/mol. The van der Waals surface area contributed by atoms with Gasteiger partial charge in [-0.25, -0.2) is 4.39 Å². The standard InChI is InChI=1S/C16H25FN2O/c1-18-14(10-11-19(2)12-6-4-7-12)16-13(17)8-5-9-15(16)20-3/h5,8-9,12,14,18H,4,6-7,10-11H2,1-3H3. The van der Waals surface area contributed by atoms with E-state index in [-0.39, 0.29) is 11.9 Å². The Labute approximate surface area is 121 Å². The van der Waals surface area contributed by atoms with Crippen LogP contribution >= 0.6 is 0 Å². The van der Waals surface area contributed by atoms with Crippen LogP contribution in [0, 0.1) is 5.82 Å². The van der Waals surface area contributed by atoms with Gasteiger partial charge in [0.2, 0.25) is 0 Å². The Bertz CT molecular complexity index is 434. The van der Waals surface area contributed by atoms with Crippen molar-refractivity contribution in [3.05, 3.63) is 29.6 Å². The Morgan fingerprint density at radius 2 is 2.20 bits per heavy atom. The summed E-state index contributed by atoms with van der Waals surface area (Å²) >= 11 is 0. The van der Waals surface area contributed by atoms with Crippen molar-refractivity contribution in [2.75, 3.05) is 27.7 Å². The first-order chi connectivity index (χ1) is 9.67. The monoisotopic (exact) mass is 280 g/mol. The van der Waals surface area contributed by atoms with Crippen LogP contribution in [-0.4, -0.2) is 38.7 Å². The molecule has 1 fully saturated rings. The molecule has 0 radical (unpaired) electrons. The molecule has 20 heavy (non-hydrogen) atoms. The third-order valence-electron chi connectivity index (χ3n) is 4.40. The topological polar surface area (TPSA) is 24.5 Å². The molecule has 1 unspecified atom stereocenters. The summed E-state index contributed by atoms with van der Waals surface area (Å²) < 4.78 is 19.4. The zero-order valence-electron chi connectivity index (χ0n) is 12.7. The second kappa shape index (κ2) is 7.04. The van der Waals surface area contributed by atoms with Crippen molar-refractivity contribution in [2.45, 2.75) is 37.8 Å². The molecule has 0 aliphatic heterocycles. The minimum absolute atomic E-state index is 0.0197. The van der Waals surface area contributed by atoms with Gasteiger partial charge in [-0.2, -0.15) is 0 Å². The van der Waals surface area contributed by atoms with E-state index in [4.69, 9.17) is 4.74 Å². The van der Waals surface area contributed by atoms with E-state index < -0.39 is 0 Å². The van der Waals surface area contributed by atoms with Gasteiger partial charge in [0.1, 0.15) is 11.6 Å². The highest BCUT2D eigenvalue weighted by Gasteiger charge is 2.24. The Hall–Kier alpha value is -1.13. The quantitative estimate of drug-likeness (QED) is 0.831. The van der Waals surface area contributed by atoms with Crippen molar-refractivity contribution in [1.29, 1.82) is 0 Å². The number of methoxy groups -OCH3 is 1. The summed E-state index contributed by atoms with van der Waals surface area (Å²) in [5.41, 5.74) is 0.638. The molecular formula is C16H25FN2O. The number of halogens is 1. The summed E-state index contributed by atoms with van der Waals surface area (Å²) in [6, 6.07) is 5.70. The van der Waals surface area contributed by atoms with E-state index in [1.807, 2.05) is 13.1 Å². The number of nitrogens with zero attached hydrogens (tertiary/aromatic N) is 1.